The number of hydrogen-bond donors (Lipinski definition) is 2. The summed E-state index contributed by atoms with van der Waals surface area (Å²) in [5, 5.41) is 6.00. The highest BCUT2D eigenvalue weighted by atomic mass is 16.5. The minimum absolute atomic E-state index is 0.00673. The van der Waals surface area contributed by atoms with Gasteiger partial charge in [-0.25, -0.2) is 0 Å². The Kier molecular flexibility index (Phi) is 5.37. The smallest absolute Gasteiger partial charge is 0.244 e. The van der Waals surface area contributed by atoms with Crippen LogP contribution < -0.4 is 10.6 Å². The zero-order chi connectivity index (χ0) is 14.5. The van der Waals surface area contributed by atoms with E-state index in [2.05, 4.69) is 10.6 Å². The van der Waals surface area contributed by atoms with Crippen LogP contribution in [-0.4, -0.2) is 61.6 Å². The molecule has 2 fully saturated rings. The van der Waals surface area contributed by atoms with Crippen LogP contribution in [0.5, 0.6) is 0 Å². The van der Waals surface area contributed by atoms with Gasteiger partial charge in [-0.2, -0.15) is 0 Å². The number of amides is 2. The summed E-state index contributed by atoms with van der Waals surface area (Å²) in [4.78, 5) is 26.6. The van der Waals surface area contributed by atoms with E-state index >= 15 is 0 Å². The number of carbonyl (C=O) groups is 2. The highest BCUT2D eigenvalue weighted by Crippen LogP contribution is 2.26. The zero-order valence-electron chi connectivity index (χ0n) is 12.4. The molecule has 0 aromatic heterocycles. The van der Waals surface area contributed by atoms with Crippen LogP contribution in [0.1, 0.15) is 26.7 Å². The Morgan fingerprint density at radius 1 is 1.40 bits per heavy atom. The second kappa shape index (κ2) is 7.04. The molecule has 0 radical (unpaired) electrons. The monoisotopic (exact) mass is 283 g/mol. The van der Waals surface area contributed by atoms with Crippen molar-refractivity contribution < 1.29 is 14.3 Å². The van der Waals surface area contributed by atoms with E-state index in [1.54, 1.807) is 4.90 Å². The van der Waals surface area contributed by atoms with Gasteiger partial charge >= 0.3 is 0 Å². The molecule has 2 aliphatic rings. The van der Waals surface area contributed by atoms with E-state index in [0.29, 0.717) is 26.2 Å². The molecule has 2 heterocycles. The number of carbonyl (C=O) groups excluding carboxylic acids is 2. The van der Waals surface area contributed by atoms with Crippen LogP contribution in [0.2, 0.25) is 0 Å². The molecule has 2 rings (SSSR count). The number of ether oxygens (including phenoxy) is 1. The van der Waals surface area contributed by atoms with E-state index in [-0.39, 0.29) is 23.8 Å². The largest absolute Gasteiger partial charge is 0.377 e. The van der Waals surface area contributed by atoms with Crippen molar-refractivity contribution in [2.24, 2.45) is 5.92 Å². The van der Waals surface area contributed by atoms with Gasteiger partial charge in [-0.15, -0.1) is 0 Å². The summed E-state index contributed by atoms with van der Waals surface area (Å²) in [6.45, 7) is 7.02. The Balaban J connectivity index is 2.07. The van der Waals surface area contributed by atoms with Gasteiger partial charge in [0, 0.05) is 32.8 Å². The number of rotatable bonds is 4. The van der Waals surface area contributed by atoms with Crippen LogP contribution >= 0.6 is 0 Å². The van der Waals surface area contributed by atoms with Crippen molar-refractivity contribution in [2.75, 3.05) is 32.8 Å². The van der Waals surface area contributed by atoms with Gasteiger partial charge in [0.15, 0.2) is 0 Å². The normalized spacial score (nSPS) is 30.3. The second-order valence-corrected chi connectivity index (χ2v) is 5.36. The molecule has 6 heteroatoms. The Hall–Kier alpha value is -1.14. The van der Waals surface area contributed by atoms with Crippen LogP contribution in [0.25, 0.3) is 0 Å². The number of piperazine rings is 1. The summed E-state index contributed by atoms with van der Waals surface area (Å²) in [5.74, 6) is -0.0813. The van der Waals surface area contributed by atoms with Crippen LogP contribution in [0.15, 0.2) is 0 Å². The molecule has 2 saturated heterocycles. The summed E-state index contributed by atoms with van der Waals surface area (Å²) in [7, 11) is 0. The summed E-state index contributed by atoms with van der Waals surface area (Å²) in [6, 6.07) is -0.394. The fraction of sp³-hybridized carbons (Fsp3) is 0.857. The molecule has 20 heavy (non-hydrogen) atoms. The molecule has 6 nitrogen and oxygen atoms in total. The van der Waals surface area contributed by atoms with Crippen molar-refractivity contribution in [3.63, 3.8) is 0 Å². The Morgan fingerprint density at radius 2 is 2.20 bits per heavy atom. The molecule has 2 aliphatic heterocycles. The van der Waals surface area contributed by atoms with Gasteiger partial charge in [-0.1, -0.05) is 6.92 Å². The van der Waals surface area contributed by atoms with Crippen molar-refractivity contribution in [3.8, 4) is 0 Å². The molecule has 3 unspecified atom stereocenters. The molecule has 2 N–H and O–H groups in total. The molecule has 0 aromatic rings. The quantitative estimate of drug-likeness (QED) is 0.746. The lowest BCUT2D eigenvalue weighted by Crippen LogP contribution is -2.61. The van der Waals surface area contributed by atoms with E-state index in [1.807, 2.05) is 13.8 Å². The highest BCUT2D eigenvalue weighted by Gasteiger charge is 2.40. The molecular weight excluding hydrogens is 258 g/mol. The maximum Gasteiger partial charge on any atom is 0.244 e. The first-order valence-corrected chi connectivity index (χ1v) is 7.59. The highest BCUT2D eigenvalue weighted by molar-refractivity contribution is 5.89. The topological polar surface area (TPSA) is 70.7 Å². The van der Waals surface area contributed by atoms with Crippen molar-refractivity contribution in [1.82, 2.24) is 15.5 Å². The van der Waals surface area contributed by atoms with Gasteiger partial charge in [0.25, 0.3) is 0 Å². The van der Waals surface area contributed by atoms with Gasteiger partial charge in [-0.05, 0) is 19.8 Å². The molecule has 0 aromatic carbocycles. The lowest BCUT2D eigenvalue weighted by molar-refractivity contribution is -0.146. The predicted molar refractivity (Wildman–Crippen MR) is 75.2 cm³/mol. The van der Waals surface area contributed by atoms with Gasteiger partial charge in [0.2, 0.25) is 11.8 Å². The fourth-order valence-corrected chi connectivity index (χ4v) is 3.04. The first kappa shape index (κ1) is 15.3. The SMILES string of the molecule is CCNC(=O)C1CNCCN1C(=O)C1CCOC1CC. The van der Waals surface area contributed by atoms with E-state index in [9.17, 15) is 9.59 Å². The number of hydrogen-bond acceptors (Lipinski definition) is 4. The fourth-order valence-electron chi connectivity index (χ4n) is 3.04. The lowest BCUT2D eigenvalue weighted by Gasteiger charge is -2.37. The molecule has 114 valence electrons. The third-order valence-corrected chi connectivity index (χ3v) is 4.11. The van der Waals surface area contributed by atoms with Gasteiger partial charge in [0.1, 0.15) is 6.04 Å². The standard InChI is InChI=1S/C14H25N3O3/c1-3-12-10(5-8-20-12)14(19)17-7-6-15-9-11(17)13(18)16-4-2/h10-12,15H,3-9H2,1-2H3,(H,16,18). The van der Waals surface area contributed by atoms with Crippen LogP contribution in [0.4, 0.5) is 0 Å². The molecule has 0 saturated carbocycles. The van der Waals surface area contributed by atoms with Gasteiger partial charge < -0.3 is 20.3 Å². The average molecular weight is 283 g/mol. The molecule has 3 atom stereocenters. The molecular formula is C14H25N3O3. The molecule has 0 aliphatic carbocycles. The molecule has 2 amide bonds. The Labute approximate surface area is 120 Å². The van der Waals surface area contributed by atoms with E-state index in [0.717, 1.165) is 19.4 Å². The number of nitrogens with one attached hydrogen (secondary N) is 2. The van der Waals surface area contributed by atoms with E-state index < -0.39 is 6.04 Å². The third kappa shape index (κ3) is 3.12. The summed E-state index contributed by atoms with van der Waals surface area (Å²) < 4.78 is 5.61. The van der Waals surface area contributed by atoms with Crippen LogP contribution in [-0.2, 0) is 14.3 Å². The molecule has 0 spiro atoms. The van der Waals surface area contributed by atoms with Gasteiger partial charge in [0.05, 0.1) is 12.0 Å². The maximum atomic E-state index is 12.7. The first-order chi connectivity index (χ1) is 9.69. The van der Waals surface area contributed by atoms with Crippen molar-refractivity contribution >= 4 is 11.8 Å². The van der Waals surface area contributed by atoms with Crippen LogP contribution in [0.3, 0.4) is 0 Å². The van der Waals surface area contributed by atoms with Gasteiger partial charge in [-0.3, -0.25) is 9.59 Å². The Morgan fingerprint density at radius 3 is 2.90 bits per heavy atom. The Bertz CT molecular complexity index is 362. The molecule has 0 bridgehead atoms. The first-order valence-electron chi connectivity index (χ1n) is 7.59. The van der Waals surface area contributed by atoms with E-state index in [4.69, 9.17) is 4.74 Å². The summed E-state index contributed by atoms with van der Waals surface area (Å²) in [5.41, 5.74) is 0. The van der Waals surface area contributed by atoms with Crippen molar-refractivity contribution in [3.05, 3.63) is 0 Å². The van der Waals surface area contributed by atoms with E-state index in [1.165, 1.54) is 0 Å². The summed E-state index contributed by atoms with van der Waals surface area (Å²) in [6.07, 6.45) is 1.62. The average Bonchev–Trinajstić information content (AvgIpc) is 2.95. The second-order valence-electron chi connectivity index (χ2n) is 5.36. The van der Waals surface area contributed by atoms with Crippen molar-refractivity contribution in [1.29, 1.82) is 0 Å². The van der Waals surface area contributed by atoms with Crippen molar-refractivity contribution in [2.45, 2.75) is 38.8 Å². The predicted octanol–water partition coefficient (Wildman–Crippen LogP) is -0.262. The third-order valence-electron chi connectivity index (χ3n) is 4.11. The lowest BCUT2D eigenvalue weighted by atomic mass is 9.96. The number of nitrogens with zero attached hydrogens (tertiary/aromatic N) is 1. The minimum atomic E-state index is -0.394. The minimum Gasteiger partial charge on any atom is -0.377 e. The summed E-state index contributed by atoms with van der Waals surface area (Å²) >= 11 is 0. The maximum absolute atomic E-state index is 12.7. The number of likely N-dealkylation sites (N-methyl/N-ethyl adjacent to an activating group) is 1. The zero-order valence-corrected chi connectivity index (χ0v) is 12.4. The van der Waals surface area contributed by atoms with Crippen LogP contribution in [0, 0.1) is 5.92 Å².